The van der Waals surface area contributed by atoms with Crippen molar-refractivity contribution in [1.82, 2.24) is 14.8 Å². The summed E-state index contributed by atoms with van der Waals surface area (Å²) in [5.74, 6) is 0.483. The first kappa shape index (κ1) is 76.6. The van der Waals surface area contributed by atoms with Crippen LogP contribution in [0.5, 0.6) is 0 Å². The number of rotatable bonds is 25. The van der Waals surface area contributed by atoms with E-state index in [0.717, 1.165) is 19.4 Å². The molecule has 1 heterocycles. The summed E-state index contributed by atoms with van der Waals surface area (Å²) in [6, 6.07) is 43.7. The first-order valence-electron chi connectivity index (χ1n) is 26.2. The van der Waals surface area contributed by atoms with E-state index in [4.69, 9.17) is 27.1 Å². The second-order valence-corrected chi connectivity index (χ2v) is 29.3. The molecule has 5 rings (SSSR count). The Hall–Kier alpha value is -1.50. The fraction of sp³-hybridized carbons (Fsp3) is 0.579. The molecule has 2 N–H and O–H groups in total. The smallest absolute Gasteiger partial charge is 1.00 e. The molecule has 5 atom stereocenters. The molecule has 5 unspecified atom stereocenters. The van der Waals surface area contributed by atoms with Gasteiger partial charge in [-0.05, 0) is 138 Å². The molecule has 0 aliphatic carbocycles. The Balaban J connectivity index is 0. The van der Waals surface area contributed by atoms with Crippen molar-refractivity contribution in [2.75, 3.05) is 32.6 Å². The van der Waals surface area contributed by atoms with Crippen molar-refractivity contribution in [2.45, 2.75) is 178 Å². The van der Waals surface area contributed by atoms with Crippen LogP contribution in [0, 0.1) is 12.0 Å². The van der Waals surface area contributed by atoms with Gasteiger partial charge in [0.15, 0.2) is 0 Å². The van der Waals surface area contributed by atoms with E-state index < -0.39 is 30.4 Å². The first-order valence-corrected chi connectivity index (χ1v) is 33.6. The quantitative estimate of drug-likeness (QED) is 0.0281. The van der Waals surface area contributed by atoms with E-state index in [1.807, 2.05) is 175 Å². The van der Waals surface area contributed by atoms with Crippen molar-refractivity contribution in [3.05, 3.63) is 144 Å². The molecular formula is C57H96ClMgN3O10P4. The minimum absolute atomic E-state index is 0. The van der Waals surface area contributed by atoms with E-state index in [9.17, 15) is 18.3 Å². The zero-order valence-corrected chi connectivity index (χ0v) is 55.0. The van der Waals surface area contributed by atoms with Crippen molar-refractivity contribution < 1.29 is 57.8 Å². The average Bonchev–Trinajstić information content (AvgIpc) is 4.03. The summed E-state index contributed by atoms with van der Waals surface area (Å²) in [6.45, 7) is 35.5. The van der Waals surface area contributed by atoms with Gasteiger partial charge in [0.25, 0.3) is 0 Å². The third kappa shape index (κ3) is 38.2. The van der Waals surface area contributed by atoms with Gasteiger partial charge in [-0.15, -0.1) is 0 Å². The van der Waals surface area contributed by atoms with Crippen molar-refractivity contribution >= 4 is 53.4 Å². The molecule has 0 spiro atoms. The van der Waals surface area contributed by atoms with E-state index in [0.29, 0.717) is 18.7 Å². The van der Waals surface area contributed by atoms with Crippen LogP contribution in [0.25, 0.3) is 0 Å². The molecule has 0 saturated carbocycles. The van der Waals surface area contributed by atoms with Gasteiger partial charge in [0, 0.05) is 38.5 Å². The Morgan fingerprint density at radius 1 is 0.553 bits per heavy atom. The van der Waals surface area contributed by atoms with E-state index >= 15 is 0 Å². The number of hydrogen-bond donors (Lipinski definition) is 2. The number of nitrogens with one attached hydrogen (secondary N) is 2. The van der Waals surface area contributed by atoms with Crippen LogP contribution >= 0.6 is 30.4 Å². The molecule has 1 fully saturated rings. The molecule has 0 aromatic heterocycles. The third-order valence-corrected chi connectivity index (χ3v) is 17.9. The van der Waals surface area contributed by atoms with Crippen LogP contribution in [0.1, 0.15) is 133 Å². The predicted octanol–water partition coefficient (Wildman–Crippen LogP) is 12.7. The number of hydrogen-bond acceptors (Lipinski definition) is 10. The van der Waals surface area contributed by atoms with Crippen molar-refractivity contribution in [1.29, 1.82) is 0 Å². The predicted molar refractivity (Wildman–Crippen MR) is 317 cm³/mol. The molecule has 0 radical (unpaired) electrons. The third-order valence-electron chi connectivity index (χ3n) is 9.72. The number of halogens is 1. The second-order valence-electron chi connectivity index (χ2n) is 20.8. The largest absolute Gasteiger partial charge is 2.00 e. The van der Waals surface area contributed by atoms with E-state index in [-0.39, 0.29) is 90.0 Å². The molecule has 19 heteroatoms. The standard InChI is InChI=1S/C16H27O3P.C15H26NO3P.C11H18NOP.C9H20NO3P.C6H5.ClH.Mg/c1-13(2)18-20(17,19-14(3)4)12-15(5)11-16-9-7-6-8-10-16;1-12(2)18-20(17,19-13(3)4)16-11-14(5)15-9-7-6-8-10-15;1-10(12-14(2,3)13)9-11-7-5-4-6-8-11;1-7(2)12-14(11,13-8(3)4)10-6-9(10)5;1-2-4-6-5-3-1;;/h6-10,13-15H,11-12H2,1-5H3;6-10,12-14H,11H2,1-5H3,(H,16,17);4-8,10H,9H2,1-3H3,(H,12,13);7-9H,6H2,1-5H3;1-5H;1H;/q;;;;-1;;+2/p-1. The van der Waals surface area contributed by atoms with Crippen LogP contribution in [0.3, 0.4) is 0 Å². The normalized spacial score (nSPS) is 15.6. The van der Waals surface area contributed by atoms with E-state index in [2.05, 4.69) is 73.4 Å². The maximum Gasteiger partial charge on any atom is 2.00 e. The van der Waals surface area contributed by atoms with Crippen LogP contribution < -0.4 is 22.6 Å². The molecule has 13 nitrogen and oxygen atoms in total. The molecular weight excluding hydrogens is 1070 g/mol. The Bertz CT molecular complexity index is 2180. The van der Waals surface area contributed by atoms with Gasteiger partial charge in [-0.2, -0.15) is 36.4 Å². The van der Waals surface area contributed by atoms with Crippen LogP contribution in [-0.2, 0) is 58.2 Å². The van der Waals surface area contributed by atoms with Gasteiger partial charge in [-0.3, -0.25) is 27.7 Å². The molecule has 4 aromatic carbocycles. The average molecular weight is 1170 g/mol. The summed E-state index contributed by atoms with van der Waals surface area (Å²) < 4.78 is 83.9. The van der Waals surface area contributed by atoms with Gasteiger partial charge in [0.2, 0.25) is 0 Å². The van der Waals surface area contributed by atoms with Gasteiger partial charge in [0.05, 0.1) is 42.8 Å². The summed E-state index contributed by atoms with van der Waals surface area (Å²) >= 11 is 0. The van der Waals surface area contributed by atoms with Crippen LogP contribution in [0.4, 0.5) is 0 Å². The molecule has 76 heavy (non-hydrogen) atoms. The maximum absolute atomic E-state index is 12.8. The Morgan fingerprint density at radius 2 is 0.921 bits per heavy atom. The Labute approximate surface area is 483 Å². The fourth-order valence-corrected chi connectivity index (χ4v) is 14.8. The van der Waals surface area contributed by atoms with Crippen molar-refractivity contribution in [3.63, 3.8) is 0 Å². The SMILES string of the molecule is CC(C)OP(=O)(NCC(C)c1ccccc1)OC(C)C.CC(C)OP(=O)(OC(C)C)N1CC1C.CC(Cc1ccccc1)CP(=O)(OC(C)C)OC(C)C.CC(Cc1ccccc1)NP(C)(C)=O.[Cl-].[Mg+2].[c-]1ccccc1. The molecule has 4 aromatic rings. The summed E-state index contributed by atoms with van der Waals surface area (Å²) in [7, 11) is -11.4. The number of benzene rings is 4. The zero-order valence-electron chi connectivity index (χ0n) is 49.3. The zero-order chi connectivity index (χ0) is 56.1. The van der Waals surface area contributed by atoms with Crippen molar-refractivity contribution in [2.24, 2.45) is 5.92 Å². The topological polar surface area (TPSA) is 151 Å². The molecule has 428 valence electrons. The maximum atomic E-state index is 12.8. The minimum Gasteiger partial charge on any atom is -1.00 e. The summed E-state index contributed by atoms with van der Waals surface area (Å²) in [6.07, 6.45) is 1.61. The van der Waals surface area contributed by atoms with E-state index in [1.54, 1.807) is 18.0 Å². The Morgan fingerprint density at radius 3 is 1.25 bits per heavy atom. The van der Waals surface area contributed by atoms with Gasteiger partial charge < -0.3 is 26.0 Å². The van der Waals surface area contributed by atoms with Gasteiger partial charge >= 0.3 is 46.1 Å². The second kappa shape index (κ2) is 39.8. The molecule has 0 bridgehead atoms. The van der Waals surface area contributed by atoms with Crippen LogP contribution in [0.15, 0.2) is 121 Å². The molecule has 1 saturated heterocycles. The molecule has 0 amide bonds. The first-order chi connectivity index (χ1) is 34.4. The summed E-state index contributed by atoms with van der Waals surface area (Å²) in [5.41, 5.74) is 3.72. The molecule has 1 aliphatic rings. The molecule has 1 aliphatic heterocycles. The van der Waals surface area contributed by atoms with Crippen LogP contribution in [0.2, 0.25) is 0 Å². The Kier molecular flexibility index (Phi) is 40.1. The fourth-order valence-electron chi connectivity index (χ4n) is 7.15. The summed E-state index contributed by atoms with van der Waals surface area (Å²) in [5, 5.41) is 6.09. The van der Waals surface area contributed by atoms with Crippen molar-refractivity contribution in [3.8, 4) is 0 Å². The van der Waals surface area contributed by atoms with E-state index in [1.165, 1.54) is 16.7 Å². The summed E-state index contributed by atoms with van der Waals surface area (Å²) in [4.78, 5) is 0. The minimum atomic E-state index is -3.26. The number of nitrogens with zero attached hydrogens (tertiary/aromatic N) is 1. The monoisotopic (exact) mass is 1170 g/mol. The van der Waals surface area contributed by atoms with Gasteiger partial charge in [-0.1, -0.05) is 105 Å². The van der Waals surface area contributed by atoms with Gasteiger partial charge in [0.1, 0.15) is 7.29 Å². The van der Waals surface area contributed by atoms with Gasteiger partial charge in [-0.25, -0.2) is 18.9 Å². The van der Waals surface area contributed by atoms with Crippen LogP contribution in [-0.4, -0.2) is 109 Å².